The molecule has 1 amide bonds. The first-order valence-electron chi connectivity index (χ1n) is 9.57. The second-order valence-electron chi connectivity index (χ2n) is 7.11. The number of halogens is 1. The summed E-state index contributed by atoms with van der Waals surface area (Å²) < 4.78 is 40.6. The molecule has 1 atom stereocenters. The van der Waals surface area contributed by atoms with E-state index in [-0.39, 0.29) is 22.1 Å². The molecule has 0 aromatic heterocycles. The lowest BCUT2D eigenvalue weighted by Crippen LogP contribution is -2.48. The summed E-state index contributed by atoms with van der Waals surface area (Å²) in [6, 6.07) is 14.6. The maximum absolute atomic E-state index is 13.0. The summed E-state index contributed by atoms with van der Waals surface area (Å²) in [5.74, 6) is 0.391. The predicted molar refractivity (Wildman–Crippen MR) is 114 cm³/mol. The zero-order valence-corrected chi connectivity index (χ0v) is 17.9. The summed E-state index contributed by atoms with van der Waals surface area (Å²) in [5, 5.41) is -0.150. The number of benzene rings is 2. The largest absolute Gasteiger partial charge is 0.342 e. The van der Waals surface area contributed by atoms with Gasteiger partial charge in [0.05, 0.1) is 10.1 Å². The molecule has 2 aromatic rings. The number of thioether (sulfide) groups is 1. The molecule has 3 rings (SSSR count). The van der Waals surface area contributed by atoms with Crippen molar-refractivity contribution in [1.82, 2.24) is 9.62 Å². The molecule has 1 aliphatic rings. The van der Waals surface area contributed by atoms with Gasteiger partial charge in [-0.1, -0.05) is 30.3 Å². The summed E-state index contributed by atoms with van der Waals surface area (Å²) in [4.78, 5) is 14.6. The number of carbonyl (C=O) groups is 1. The second-order valence-corrected chi connectivity index (χ2v) is 10.2. The van der Waals surface area contributed by atoms with Crippen molar-refractivity contribution in [2.75, 3.05) is 13.1 Å². The molecule has 0 saturated carbocycles. The Morgan fingerprint density at radius 2 is 1.76 bits per heavy atom. The van der Waals surface area contributed by atoms with Crippen LogP contribution in [0.5, 0.6) is 0 Å². The molecule has 0 unspecified atom stereocenters. The number of sulfonamides is 1. The van der Waals surface area contributed by atoms with Gasteiger partial charge in [-0.15, -0.1) is 11.8 Å². The van der Waals surface area contributed by atoms with Crippen LogP contribution in [0.25, 0.3) is 0 Å². The molecule has 1 N–H and O–H groups in total. The Hall–Kier alpha value is -1.90. The molecule has 8 heteroatoms. The molecule has 1 fully saturated rings. The topological polar surface area (TPSA) is 66.5 Å². The smallest absolute Gasteiger partial charge is 0.240 e. The third kappa shape index (κ3) is 6.04. The van der Waals surface area contributed by atoms with Crippen LogP contribution in [-0.4, -0.2) is 43.6 Å². The van der Waals surface area contributed by atoms with Crippen molar-refractivity contribution < 1.29 is 17.6 Å². The number of nitrogens with zero attached hydrogens (tertiary/aromatic N) is 1. The maximum atomic E-state index is 13.0. The average molecular weight is 437 g/mol. The van der Waals surface area contributed by atoms with E-state index in [0.717, 1.165) is 17.9 Å². The van der Waals surface area contributed by atoms with E-state index < -0.39 is 15.8 Å². The third-order valence-electron chi connectivity index (χ3n) is 4.94. The maximum Gasteiger partial charge on any atom is 0.240 e. The highest BCUT2D eigenvalue weighted by Crippen LogP contribution is 2.22. The van der Waals surface area contributed by atoms with Gasteiger partial charge in [-0.2, -0.15) is 0 Å². The number of hydrogen-bond acceptors (Lipinski definition) is 4. The molecular weight excluding hydrogens is 411 g/mol. The summed E-state index contributed by atoms with van der Waals surface area (Å²) in [6.07, 6.45) is 1.12. The Balaban J connectivity index is 1.48. The number of piperidine rings is 1. The minimum atomic E-state index is -3.69. The molecule has 29 heavy (non-hydrogen) atoms. The van der Waals surface area contributed by atoms with Gasteiger partial charge in [0.2, 0.25) is 15.9 Å². The van der Waals surface area contributed by atoms with Crippen molar-refractivity contribution in [3.8, 4) is 0 Å². The average Bonchev–Trinajstić information content (AvgIpc) is 2.73. The fourth-order valence-corrected chi connectivity index (χ4v) is 5.47. The number of nitrogens with one attached hydrogen (secondary N) is 1. The van der Waals surface area contributed by atoms with E-state index in [0.29, 0.717) is 25.9 Å². The minimum absolute atomic E-state index is 0.0448. The summed E-state index contributed by atoms with van der Waals surface area (Å²) >= 11 is 1.61. The van der Waals surface area contributed by atoms with Gasteiger partial charge in [0.25, 0.3) is 0 Å². The van der Waals surface area contributed by atoms with Crippen LogP contribution in [-0.2, 0) is 20.6 Å². The van der Waals surface area contributed by atoms with Gasteiger partial charge in [-0.05, 0) is 49.6 Å². The Morgan fingerprint density at radius 3 is 2.38 bits per heavy atom. The van der Waals surface area contributed by atoms with Gasteiger partial charge in [0.1, 0.15) is 5.82 Å². The molecule has 5 nitrogen and oxygen atoms in total. The van der Waals surface area contributed by atoms with Gasteiger partial charge in [-0.25, -0.2) is 17.5 Å². The molecular formula is C21H25FN2O3S2. The van der Waals surface area contributed by atoms with Crippen LogP contribution in [0.3, 0.4) is 0 Å². The van der Waals surface area contributed by atoms with Crippen LogP contribution in [0.4, 0.5) is 4.39 Å². The van der Waals surface area contributed by atoms with Crippen LogP contribution in [0.1, 0.15) is 25.3 Å². The van der Waals surface area contributed by atoms with Crippen molar-refractivity contribution in [2.24, 2.45) is 0 Å². The third-order valence-corrected chi connectivity index (χ3v) is 7.68. The Kier molecular flexibility index (Phi) is 7.32. The van der Waals surface area contributed by atoms with Crippen molar-refractivity contribution in [2.45, 2.75) is 41.7 Å². The van der Waals surface area contributed by atoms with Crippen molar-refractivity contribution in [1.29, 1.82) is 0 Å². The minimum Gasteiger partial charge on any atom is -0.342 e. The highest BCUT2D eigenvalue weighted by molar-refractivity contribution is 7.99. The van der Waals surface area contributed by atoms with E-state index in [1.165, 1.54) is 17.7 Å². The van der Waals surface area contributed by atoms with Crippen LogP contribution >= 0.6 is 11.8 Å². The molecule has 1 saturated heterocycles. The van der Waals surface area contributed by atoms with E-state index in [4.69, 9.17) is 0 Å². The SMILES string of the molecule is C[C@H](SCc1ccccc1)C(=O)N1CCC(NS(=O)(=O)c2ccc(F)cc2)CC1. The van der Waals surface area contributed by atoms with Gasteiger partial charge in [0.15, 0.2) is 0 Å². The highest BCUT2D eigenvalue weighted by atomic mass is 32.2. The number of rotatable bonds is 7. The van der Waals surface area contributed by atoms with E-state index in [1.807, 2.05) is 42.2 Å². The van der Waals surface area contributed by atoms with Crippen molar-refractivity contribution in [3.05, 3.63) is 66.0 Å². The van der Waals surface area contributed by atoms with Crippen LogP contribution in [0.2, 0.25) is 0 Å². The molecule has 2 aromatic carbocycles. The van der Waals surface area contributed by atoms with E-state index in [2.05, 4.69) is 4.72 Å². The van der Waals surface area contributed by atoms with Crippen molar-refractivity contribution in [3.63, 3.8) is 0 Å². The number of carbonyl (C=O) groups excluding carboxylic acids is 1. The van der Waals surface area contributed by atoms with Crippen LogP contribution in [0, 0.1) is 5.82 Å². The van der Waals surface area contributed by atoms with Gasteiger partial charge >= 0.3 is 0 Å². The molecule has 0 aliphatic carbocycles. The van der Waals surface area contributed by atoms with E-state index >= 15 is 0 Å². The first kappa shape index (κ1) is 21.8. The zero-order valence-electron chi connectivity index (χ0n) is 16.3. The Labute approximate surface area is 175 Å². The van der Waals surface area contributed by atoms with Crippen LogP contribution in [0.15, 0.2) is 59.5 Å². The first-order valence-corrected chi connectivity index (χ1v) is 12.1. The first-order chi connectivity index (χ1) is 13.8. The lowest BCUT2D eigenvalue weighted by atomic mass is 10.1. The summed E-state index contributed by atoms with van der Waals surface area (Å²) in [5.41, 5.74) is 1.19. The lowest BCUT2D eigenvalue weighted by molar-refractivity contribution is -0.131. The number of amides is 1. The number of likely N-dealkylation sites (tertiary alicyclic amines) is 1. The Bertz CT molecular complexity index is 913. The molecule has 1 heterocycles. The summed E-state index contributed by atoms with van der Waals surface area (Å²) in [7, 11) is -3.69. The molecule has 1 aliphatic heterocycles. The zero-order chi connectivity index (χ0) is 20.9. The molecule has 156 valence electrons. The van der Waals surface area contributed by atoms with Gasteiger partial charge in [0, 0.05) is 24.9 Å². The molecule has 0 spiro atoms. The van der Waals surface area contributed by atoms with E-state index in [1.54, 1.807) is 11.8 Å². The van der Waals surface area contributed by atoms with Crippen LogP contribution < -0.4 is 4.72 Å². The van der Waals surface area contributed by atoms with Gasteiger partial charge < -0.3 is 4.90 Å². The number of hydrogen-bond donors (Lipinski definition) is 1. The Morgan fingerprint density at radius 1 is 1.14 bits per heavy atom. The normalized spacial score (nSPS) is 16.6. The quantitative estimate of drug-likeness (QED) is 0.722. The monoisotopic (exact) mass is 436 g/mol. The second kappa shape index (κ2) is 9.73. The van der Waals surface area contributed by atoms with Gasteiger partial charge in [-0.3, -0.25) is 4.79 Å². The highest BCUT2D eigenvalue weighted by Gasteiger charge is 2.28. The van der Waals surface area contributed by atoms with Crippen molar-refractivity contribution >= 4 is 27.7 Å². The fourth-order valence-electron chi connectivity index (χ4n) is 3.24. The predicted octanol–water partition coefficient (Wildman–Crippen LogP) is 3.42. The molecule has 0 bridgehead atoms. The molecule has 0 radical (unpaired) electrons. The standard InChI is InChI=1S/C21H25FN2O3S2/c1-16(28-15-17-5-3-2-4-6-17)21(25)24-13-11-19(12-14-24)23-29(26,27)20-9-7-18(22)8-10-20/h2-10,16,19,23H,11-15H2,1H3/t16-/m0/s1. The fraction of sp³-hybridized carbons (Fsp3) is 0.381. The van der Waals surface area contributed by atoms with E-state index in [9.17, 15) is 17.6 Å². The summed E-state index contributed by atoms with van der Waals surface area (Å²) in [6.45, 7) is 2.95. The lowest BCUT2D eigenvalue weighted by Gasteiger charge is -2.33.